The number of nitrogens with one attached hydrogen (secondary N) is 1. The van der Waals surface area contributed by atoms with E-state index in [1.165, 1.54) is 12.1 Å². The predicted octanol–water partition coefficient (Wildman–Crippen LogP) is -2.73. The Bertz CT molecular complexity index is 501. The van der Waals surface area contributed by atoms with Crippen LogP contribution in [0.4, 0.5) is 10.5 Å². The van der Waals surface area contributed by atoms with E-state index in [0.29, 0.717) is 5.69 Å². The fourth-order valence-corrected chi connectivity index (χ4v) is 1.37. The molecule has 0 spiro atoms. The van der Waals surface area contributed by atoms with Crippen molar-refractivity contribution in [1.29, 1.82) is 0 Å². The van der Waals surface area contributed by atoms with Gasteiger partial charge in [-0.1, -0.05) is 18.2 Å². The van der Waals surface area contributed by atoms with Crippen LogP contribution in [-0.2, 0) is 4.74 Å². The number of hydrogen-bond donors (Lipinski definition) is 8. The molecular weight excluding hydrogens is 302 g/mol. The number of rotatable bonds is 6. The van der Waals surface area contributed by atoms with E-state index in [-0.39, 0.29) is 0 Å². The average Bonchev–Trinajstić information content (AvgIpc) is 2.46. The number of carbonyl (C=O) groups is 1. The van der Waals surface area contributed by atoms with Gasteiger partial charge < -0.3 is 40.5 Å². The van der Waals surface area contributed by atoms with Crippen LogP contribution >= 0.6 is 0 Å². The molecule has 0 bridgehead atoms. The van der Waals surface area contributed by atoms with E-state index in [0.717, 1.165) is 0 Å². The molecule has 0 radical (unpaired) electrons. The number of amides is 1. The lowest BCUT2D eigenvalue weighted by atomic mass is 9.97. The fraction of sp³-hybridized carbons (Fsp3) is 0.417. The number of carbonyl (C=O) groups excluding carboxylic acids is 1. The minimum atomic E-state index is -4.00. The summed E-state index contributed by atoms with van der Waals surface area (Å²) < 4.78 is 4.36. The summed E-state index contributed by atoms with van der Waals surface area (Å²) >= 11 is 0. The molecule has 0 aliphatic rings. The monoisotopic (exact) mass is 319 g/mol. The minimum Gasteiger partial charge on any atom is -0.443 e. The maximum atomic E-state index is 11.4. The summed E-state index contributed by atoms with van der Waals surface area (Å²) in [7, 11) is 0. The van der Waals surface area contributed by atoms with E-state index in [2.05, 4.69) is 10.1 Å². The van der Waals surface area contributed by atoms with E-state index in [9.17, 15) is 25.2 Å². The summed E-state index contributed by atoms with van der Waals surface area (Å²) in [5.41, 5.74) is 0.322. The third-order valence-electron chi connectivity index (χ3n) is 2.76. The Morgan fingerprint density at radius 3 is 2.05 bits per heavy atom. The Hall–Kier alpha value is -1.79. The minimum absolute atomic E-state index is 0.322. The molecule has 1 amide bonds. The van der Waals surface area contributed by atoms with Gasteiger partial charge in [-0.2, -0.15) is 0 Å². The number of anilines is 1. The van der Waals surface area contributed by atoms with Gasteiger partial charge in [-0.05, 0) is 12.1 Å². The molecule has 0 aromatic heterocycles. The van der Waals surface area contributed by atoms with E-state index < -0.39 is 36.7 Å². The van der Waals surface area contributed by atoms with Crippen LogP contribution in [0.15, 0.2) is 30.3 Å². The van der Waals surface area contributed by atoms with E-state index in [1.54, 1.807) is 18.2 Å². The Morgan fingerprint density at radius 1 is 1.00 bits per heavy atom. The van der Waals surface area contributed by atoms with Gasteiger partial charge in [0.25, 0.3) is 11.6 Å². The zero-order valence-electron chi connectivity index (χ0n) is 11.2. The van der Waals surface area contributed by atoms with Gasteiger partial charge in [0.2, 0.25) is 5.79 Å². The zero-order valence-corrected chi connectivity index (χ0v) is 11.2. The van der Waals surface area contributed by atoms with Crippen molar-refractivity contribution < 1.29 is 45.3 Å². The van der Waals surface area contributed by atoms with E-state index in [1.807, 2.05) is 0 Å². The van der Waals surface area contributed by atoms with Crippen LogP contribution in [0.2, 0.25) is 0 Å². The second-order valence-corrected chi connectivity index (χ2v) is 4.53. The first-order chi connectivity index (χ1) is 10.0. The van der Waals surface area contributed by atoms with Crippen molar-refractivity contribution in [2.45, 2.75) is 17.4 Å². The van der Waals surface area contributed by atoms with Crippen LogP contribution < -0.4 is 5.32 Å². The highest BCUT2D eigenvalue weighted by Gasteiger charge is 2.62. The maximum Gasteiger partial charge on any atom is 0.411 e. The lowest BCUT2D eigenvalue weighted by Gasteiger charge is -2.41. The predicted molar refractivity (Wildman–Crippen MR) is 70.0 cm³/mol. The van der Waals surface area contributed by atoms with Gasteiger partial charge in [0.05, 0.1) is 0 Å². The normalized spacial score (nSPS) is 12.9. The summed E-state index contributed by atoms with van der Waals surface area (Å²) in [5.74, 6) is -11.3. The molecule has 1 aromatic carbocycles. The smallest absolute Gasteiger partial charge is 0.411 e. The van der Waals surface area contributed by atoms with Crippen molar-refractivity contribution in [3.05, 3.63) is 30.3 Å². The molecule has 0 saturated carbocycles. The van der Waals surface area contributed by atoms with Crippen molar-refractivity contribution in [3.8, 4) is 0 Å². The SMILES string of the molecule is O=C(Nc1ccccc1)OCC(O)(O)C(O)(O)C(O)(O)CO. The van der Waals surface area contributed by atoms with Crippen LogP contribution in [0, 0.1) is 0 Å². The first-order valence-electron chi connectivity index (χ1n) is 5.97. The summed E-state index contributed by atoms with van der Waals surface area (Å²) in [6.07, 6.45) is -1.17. The lowest BCUT2D eigenvalue weighted by Crippen LogP contribution is -2.71. The summed E-state index contributed by atoms with van der Waals surface area (Å²) in [6.45, 7) is -3.05. The topological polar surface area (TPSA) is 180 Å². The zero-order chi connectivity index (χ0) is 17.0. The number of aliphatic hydroxyl groups excluding tert-OH is 1. The summed E-state index contributed by atoms with van der Waals surface area (Å²) in [5, 5.41) is 66.6. The largest absolute Gasteiger partial charge is 0.443 e. The third-order valence-corrected chi connectivity index (χ3v) is 2.76. The average molecular weight is 319 g/mol. The highest BCUT2D eigenvalue weighted by molar-refractivity contribution is 5.84. The number of aliphatic hydroxyl groups is 7. The highest BCUT2D eigenvalue weighted by atomic mass is 16.7. The van der Waals surface area contributed by atoms with Crippen LogP contribution in [0.25, 0.3) is 0 Å². The molecule has 0 aliphatic heterocycles. The lowest BCUT2D eigenvalue weighted by molar-refractivity contribution is -0.459. The van der Waals surface area contributed by atoms with Crippen molar-refractivity contribution in [2.24, 2.45) is 0 Å². The molecule has 22 heavy (non-hydrogen) atoms. The molecule has 0 fully saturated rings. The van der Waals surface area contributed by atoms with Gasteiger partial charge in [-0.3, -0.25) is 5.32 Å². The standard InChI is InChI=1S/C12H17NO9/c14-6-10(16,17)12(20,21)11(18,19)7-22-9(15)13-8-4-2-1-3-5-8/h1-5,14,16-21H,6-7H2,(H,13,15). The molecular formula is C12H17NO9. The van der Waals surface area contributed by atoms with Gasteiger partial charge >= 0.3 is 6.09 Å². The highest BCUT2D eigenvalue weighted by Crippen LogP contribution is 2.27. The molecule has 0 atom stereocenters. The second kappa shape index (κ2) is 6.54. The Kier molecular flexibility index (Phi) is 5.43. The van der Waals surface area contributed by atoms with Crippen LogP contribution in [-0.4, -0.2) is 72.4 Å². The van der Waals surface area contributed by atoms with Gasteiger partial charge in [0.15, 0.2) is 6.61 Å². The van der Waals surface area contributed by atoms with Crippen LogP contribution in [0.3, 0.4) is 0 Å². The Balaban J connectivity index is 2.67. The molecule has 0 unspecified atom stereocenters. The Labute approximate surface area is 124 Å². The fourth-order valence-electron chi connectivity index (χ4n) is 1.37. The van der Waals surface area contributed by atoms with Crippen molar-refractivity contribution in [3.63, 3.8) is 0 Å². The number of benzene rings is 1. The van der Waals surface area contributed by atoms with E-state index in [4.69, 9.17) is 15.3 Å². The van der Waals surface area contributed by atoms with E-state index >= 15 is 0 Å². The quantitative estimate of drug-likeness (QED) is 0.258. The van der Waals surface area contributed by atoms with Crippen molar-refractivity contribution >= 4 is 11.8 Å². The number of ether oxygens (including phenoxy) is 1. The summed E-state index contributed by atoms with van der Waals surface area (Å²) in [4.78, 5) is 11.4. The molecule has 0 aliphatic carbocycles. The molecule has 1 aromatic rings. The Morgan fingerprint density at radius 2 is 1.55 bits per heavy atom. The first kappa shape index (κ1) is 18.3. The number of hydrogen-bond acceptors (Lipinski definition) is 9. The molecule has 10 nitrogen and oxygen atoms in total. The maximum absolute atomic E-state index is 11.4. The molecule has 124 valence electrons. The first-order valence-corrected chi connectivity index (χ1v) is 5.97. The molecule has 0 saturated heterocycles. The van der Waals surface area contributed by atoms with Gasteiger partial charge in [0.1, 0.15) is 6.61 Å². The van der Waals surface area contributed by atoms with Crippen LogP contribution in [0.5, 0.6) is 0 Å². The van der Waals surface area contributed by atoms with Gasteiger partial charge in [-0.25, -0.2) is 4.79 Å². The van der Waals surface area contributed by atoms with Gasteiger partial charge in [-0.15, -0.1) is 0 Å². The molecule has 1 rings (SSSR count). The summed E-state index contributed by atoms with van der Waals surface area (Å²) in [6, 6.07) is 7.92. The molecule has 0 heterocycles. The van der Waals surface area contributed by atoms with Crippen molar-refractivity contribution in [1.82, 2.24) is 0 Å². The molecule has 8 N–H and O–H groups in total. The molecule has 10 heteroatoms. The second-order valence-electron chi connectivity index (χ2n) is 4.53. The van der Waals surface area contributed by atoms with Crippen molar-refractivity contribution in [2.75, 3.05) is 18.5 Å². The van der Waals surface area contributed by atoms with Crippen LogP contribution in [0.1, 0.15) is 0 Å². The number of para-hydroxylation sites is 1. The van der Waals surface area contributed by atoms with Gasteiger partial charge in [0, 0.05) is 5.69 Å². The third kappa shape index (κ3) is 3.90.